The minimum atomic E-state index is -0.424. The molecule has 1 aliphatic rings. The minimum absolute atomic E-state index is 0.0532. The molecule has 0 aromatic heterocycles. The standard InChI is InChI=1S/C19H28O4/c1-6-15(10-9-14(4)20)12-19(8-3)13-16(7-2)17(23-19)11-18(21)22-5/h9-11,13,15H,6-8,12H2,1-5H3/t15-,19+/m0/s1. The Labute approximate surface area is 139 Å². The van der Waals surface area contributed by atoms with Gasteiger partial charge in [-0.05, 0) is 56.3 Å². The Morgan fingerprint density at radius 1 is 1.35 bits per heavy atom. The monoisotopic (exact) mass is 320 g/mol. The Kier molecular flexibility index (Phi) is 7.27. The van der Waals surface area contributed by atoms with Crippen LogP contribution in [0.5, 0.6) is 0 Å². The summed E-state index contributed by atoms with van der Waals surface area (Å²) in [7, 11) is 1.36. The largest absolute Gasteiger partial charge is 0.483 e. The first-order valence-electron chi connectivity index (χ1n) is 8.29. The van der Waals surface area contributed by atoms with Gasteiger partial charge in [0.2, 0.25) is 0 Å². The molecule has 0 N–H and O–H groups in total. The van der Waals surface area contributed by atoms with Gasteiger partial charge in [-0.3, -0.25) is 4.79 Å². The smallest absolute Gasteiger partial charge is 0.334 e. The molecule has 23 heavy (non-hydrogen) atoms. The Balaban J connectivity index is 3.01. The van der Waals surface area contributed by atoms with Crippen molar-refractivity contribution in [3.63, 3.8) is 0 Å². The molecule has 0 spiro atoms. The maximum atomic E-state index is 11.5. The predicted molar refractivity (Wildman–Crippen MR) is 90.8 cm³/mol. The number of hydrogen-bond acceptors (Lipinski definition) is 4. The molecular formula is C19H28O4. The Morgan fingerprint density at radius 3 is 2.52 bits per heavy atom. The van der Waals surface area contributed by atoms with E-state index in [0.29, 0.717) is 5.76 Å². The second-order valence-corrected chi connectivity index (χ2v) is 5.92. The third-order valence-electron chi connectivity index (χ3n) is 4.23. The molecule has 0 saturated carbocycles. The number of esters is 1. The summed E-state index contributed by atoms with van der Waals surface area (Å²) < 4.78 is 10.9. The fourth-order valence-corrected chi connectivity index (χ4v) is 2.75. The first kappa shape index (κ1) is 19.2. The summed E-state index contributed by atoms with van der Waals surface area (Å²) in [5.41, 5.74) is 0.607. The van der Waals surface area contributed by atoms with E-state index in [1.807, 2.05) is 13.0 Å². The summed E-state index contributed by atoms with van der Waals surface area (Å²) in [6.45, 7) is 7.77. The first-order valence-corrected chi connectivity index (χ1v) is 8.29. The van der Waals surface area contributed by atoms with E-state index in [1.54, 1.807) is 13.0 Å². The lowest BCUT2D eigenvalue weighted by Gasteiger charge is -2.29. The normalized spacial score (nSPS) is 23.7. The zero-order valence-corrected chi connectivity index (χ0v) is 14.8. The van der Waals surface area contributed by atoms with Crippen molar-refractivity contribution in [3.8, 4) is 0 Å². The van der Waals surface area contributed by atoms with E-state index in [9.17, 15) is 9.59 Å². The summed E-state index contributed by atoms with van der Waals surface area (Å²) in [5.74, 6) is 0.504. The van der Waals surface area contributed by atoms with Crippen molar-refractivity contribution in [2.75, 3.05) is 7.11 Å². The molecule has 0 aromatic rings. The van der Waals surface area contributed by atoms with Gasteiger partial charge in [-0.15, -0.1) is 0 Å². The van der Waals surface area contributed by atoms with Crippen LogP contribution in [0, 0.1) is 5.92 Å². The molecule has 0 aromatic carbocycles. The van der Waals surface area contributed by atoms with Crippen LogP contribution in [0.25, 0.3) is 0 Å². The molecule has 0 amide bonds. The highest BCUT2D eigenvalue weighted by molar-refractivity contribution is 5.87. The molecule has 0 saturated heterocycles. The van der Waals surface area contributed by atoms with Crippen molar-refractivity contribution in [3.05, 3.63) is 35.6 Å². The number of rotatable bonds is 8. The second kappa shape index (κ2) is 8.70. The number of allylic oxidation sites excluding steroid dienone is 3. The Morgan fingerprint density at radius 2 is 2.04 bits per heavy atom. The van der Waals surface area contributed by atoms with Crippen LogP contribution in [-0.2, 0) is 19.1 Å². The van der Waals surface area contributed by atoms with Gasteiger partial charge in [-0.25, -0.2) is 4.79 Å². The van der Waals surface area contributed by atoms with Gasteiger partial charge < -0.3 is 9.47 Å². The summed E-state index contributed by atoms with van der Waals surface area (Å²) in [5, 5.41) is 0. The third kappa shape index (κ3) is 5.38. The molecule has 1 heterocycles. The number of ether oxygens (including phenoxy) is 2. The van der Waals surface area contributed by atoms with Gasteiger partial charge in [0.05, 0.1) is 13.2 Å². The van der Waals surface area contributed by atoms with Crippen LogP contribution in [0.1, 0.15) is 53.4 Å². The molecule has 4 nitrogen and oxygen atoms in total. The molecule has 0 bridgehead atoms. The average Bonchev–Trinajstić information content (AvgIpc) is 2.89. The van der Waals surface area contributed by atoms with E-state index < -0.39 is 11.6 Å². The lowest BCUT2D eigenvalue weighted by atomic mass is 9.86. The van der Waals surface area contributed by atoms with Crippen LogP contribution < -0.4 is 0 Å². The minimum Gasteiger partial charge on any atom is -0.483 e. The molecule has 0 fully saturated rings. The van der Waals surface area contributed by atoms with Crippen LogP contribution in [0.4, 0.5) is 0 Å². The summed E-state index contributed by atoms with van der Waals surface area (Å²) in [6, 6.07) is 0. The van der Waals surface area contributed by atoms with Crippen molar-refractivity contribution in [2.45, 2.75) is 59.0 Å². The van der Waals surface area contributed by atoms with Crippen LogP contribution in [0.15, 0.2) is 35.6 Å². The molecule has 1 aliphatic heterocycles. The van der Waals surface area contributed by atoms with Crippen molar-refractivity contribution >= 4 is 11.8 Å². The number of ketones is 1. The second-order valence-electron chi connectivity index (χ2n) is 5.92. The molecular weight excluding hydrogens is 292 g/mol. The molecule has 1 rings (SSSR count). The van der Waals surface area contributed by atoms with Gasteiger partial charge in [0.25, 0.3) is 0 Å². The van der Waals surface area contributed by atoms with Crippen LogP contribution in [0.3, 0.4) is 0 Å². The fraction of sp³-hybridized carbons (Fsp3) is 0.579. The average molecular weight is 320 g/mol. The topological polar surface area (TPSA) is 52.6 Å². The summed E-state index contributed by atoms with van der Waals surface area (Å²) in [6.07, 6.45) is 10.5. The fourth-order valence-electron chi connectivity index (χ4n) is 2.75. The van der Waals surface area contributed by atoms with Gasteiger partial charge >= 0.3 is 5.97 Å². The lowest BCUT2D eigenvalue weighted by molar-refractivity contribution is -0.135. The summed E-state index contributed by atoms with van der Waals surface area (Å²) >= 11 is 0. The van der Waals surface area contributed by atoms with Crippen LogP contribution >= 0.6 is 0 Å². The summed E-state index contributed by atoms with van der Waals surface area (Å²) in [4.78, 5) is 22.7. The lowest BCUT2D eigenvalue weighted by Crippen LogP contribution is -2.28. The number of carbonyl (C=O) groups excluding carboxylic acids is 2. The van der Waals surface area contributed by atoms with Crippen molar-refractivity contribution < 1.29 is 19.1 Å². The molecule has 0 radical (unpaired) electrons. The SMILES string of the molecule is CCC1=C[C@@](CC)(C[C@H](C=CC(C)=O)CC)OC1=CC(=O)OC. The maximum absolute atomic E-state index is 11.5. The zero-order valence-electron chi connectivity index (χ0n) is 14.8. The number of hydrogen-bond donors (Lipinski definition) is 0. The van der Waals surface area contributed by atoms with Crippen molar-refractivity contribution in [2.24, 2.45) is 5.92 Å². The van der Waals surface area contributed by atoms with Crippen molar-refractivity contribution in [1.29, 1.82) is 0 Å². The third-order valence-corrected chi connectivity index (χ3v) is 4.23. The van der Waals surface area contributed by atoms with Gasteiger partial charge in [-0.1, -0.05) is 26.8 Å². The van der Waals surface area contributed by atoms with Gasteiger partial charge in [0.15, 0.2) is 5.78 Å². The van der Waals surface area contributed by atoms with E-state index in [-0.39, 0.29) is 11.7 Å². The van der Waals surface area contributed by atoms with E-state index >= 15 is 0 Å². The highest BCUT2D eigenvalue weighted by atomic mass is 16.5. The highest BCUT2D eigenvalue weighted by Gasteiger charge is 2.37. The molecule has 4 heteroatoms. The van der Waals surface area contributed by atoms with E-state index in [0.717, 1.165) is 31.3 Å². The highest BCUT2D eigenvalue weighted by Crippen LogP contribution is 2.40. The van der Waals surface area contributed by atoms with Crippen molar-refractivity contribution in [1.82, 2.24) is 0 Å². The van der Waals surface area contributed by atoms with Crippen LogP contribution in [-0.4, -0.2) is 24.5 Å². The molecule has 128 valence electrons. The Hall–Kier alpha value is -1.84. The molecule has 0 unspecified atom stereocenters. The number of carbonyl (C=O) groups is 2. The van der Waals surface area contributed by atoms with E-state index in [2.05, 4.69) is 19.9 Å². The van der Waals surface area contributed by atoms with Gasteiger partial charge in [0, 0.05) is 0 Å². The molecule has 2 atom stereocenters. The van der Waals surface area contributed by atoms with E-state index in [4.69, 9.17) is 9.47 Å². The predicted octanol–water partition coefficient (Wildman–Crippen LogP) is 4.12. The van der Waals surface area contributed by atoms with Gasteiger partial charge in [0.1, 0.15) is 11.4 Å². The van der Waals surface area contributed by atoms with Crippen LogP contribution in [0.2, 0.25) is 0 Å². The maximum Gasteiger partial charge on any atom is 0.334 e. The first-order chi connectivity index (χ1) is 10.9. The molecule has 0 aliphatic carbocycles. The van der Waals surface area contributed by atoms with E-state index in [1.165, 1.54) is 13.2 Å². The quantitative estimate of drug-likeness (QED) is 0.498. The number of methoxy groups -OCH3 is 1. The Bertz CT molecular complexity index is 527. The van der Waals surface area contributed by atoms with Gasteiger partial charge in [-0.2, -0.15) is 0 Å². The zero-order chi connectivity index (χ0) is 17.5.